The van der Waals surface area contributed by atoms with E-state index in [1.807, 2.05) is 35.5 Å². The molecule has 1 saturated heterocycles. The minimum absolute atomic E-state index is 0.0860. The van der Waals surface area contributed by atoms with Gasteiger partial charge in [0.15, 0.2) is 0 Å². The third-order valence-corrected chi connectivity index (χ3v) is 8.77. The quantitative estimate of drug-likeness (QED) is 0.428. The fourth-order valence-corrected chi connectivity index (χ4v) is 6.28. The van der Waals surface area contributed by atoms with Crippen molar-refractivity contribution in [1.29, 1.82) is 0 Å². The van der Waals surface area contributed by atoms with Crippen LogP contribution in [0.5, 0.6) is 0 Å². The lowest BCUT2D eigenvalue weighted by Crippen LogP contribution is -2.50. The van der Waals surface area contributed by atoms with E-state index in [1.54, 1.807) is 5.41 Å². The van der Waals surface area contributed by atoms with Crippen molar-refractivity contribution in [3.63, 3.8) is 0 Å². The van der Waals surface area contributed by atoms with Gasteiger partial charge < -0.3 is 15.6 Å². The number of rotatable bonds is 6. The van der Waals surface area contributed by atoms with Crippen LogP contribution in [0, 0.1) is 18.8 Å². The van der Waals surface area contributed by atoms with Crippen molar-refractivity contribution in [2.24, 2.45) is 16.8 Å². The van der Waals surface area contributed by atoms with Crippen LogP contribution in [0.3, 0.4) is 0 Å². The Morgan fingerprint density at radius 3 is 2.57 bits per heavy atom. The molecule has 2 heterocycles. The largest absolute Gasteiger partial charge is 0.593 e. The van der Waals surface area contributed by atoms with Crippen LogP contribution in [0.25, 0.3) is 6.08 Å². The smallest absolute Gasteiger partial charge is 0.389 e. The van der Waals surface area contributed by atoms with Gasteiger partial charge in [0.2, 0.25) is 0 Å². The van der Waals surface area contributed by atoms with Crippen LogP contribution in [-0.4, -0.2) is 45.4 Å². The molecular formula is C25H33F3N4O2S. The third kappa shape index (κ3) is 6.40. The highest BCUT2D eigenvalue weighted by atomic mass is 32.2. The van der Waals surface area contributed by atoms with Gasteiger partial charge in [0.05, 0.1) is 11.4 Å². The summed E-state index contributed by atoms with van der Waals surface area (Å²) in [5.74, 6) is 0.768. The Morgan fingerprint density at radius 2 is 1.94 bits per heavy atom. The van der Waals surface area contributed by atoms with Crippen molar-refractivity contribution in [3.8, 4) is 0 Å². The van der Waals surface area contributed by atoms with Crippen molar-refractivity contribution in [1.82, 2.24) is 9.62 Å². The van der Waals surface area contributed by atoms with Crippen LogP contribution in [0.1, 0.15) is 62.5 Å². The third-order valence-electron chi connectivity index (χ3n) is 7.53. The van der Waals surface area contributed by atoms with E-state index in [1.165, 1.54) is 0 Å². The average molecular weight is 511 g/mol. The lowest BCUT2D eigenvalue weighted by Gasteiger charge is -2.34. The number of carbonyl (C=O) groups excluding carboxylic acids is 1. The second kappa shape index (κ2) is 10.5. The Labute approximate surface area is 207 Å². The van der Waals surface area contributed by atoms with Crippen LogP contribution >= 0.6 is 0 Å². The molecule has 0 bridgehead atoms. The first-order valence-electron chi connectivity index (χ1n) is 12.2. The highest BCUT2D eigenvalue weighted by Gasteiger charge is 2.48. The van der Waals surface area contributed by atoms with Gasteiger partial charge in [-0.3, -0.25) is 9.79 Å². The first-order valence-corrected chi connectivity index (χ1v) is 13.4. The number of amides is 1. The number of halogens is 3. The van der Waals surface area contributed by atoms with Crippen LogP contribution in [-0.2, 0) is 16.2 Å². The highest BCUT2D eigenvalue weighted by molar-refractivity contribution is 7.92. The fraction of sp³-hybridized carbons (Fsp3) is 0.600. The van der Waals surface area contributed by atoms with E-state index in [-0.39, 0.29) is 24.2 Å². The number of nitrogens with two attached hydrogens (primary N) is 1. The number of nitrogens with one attached hydrogen (secondary N) is 1. The predicted molar refractivity (Wildman–Crippen MR) is 133 cm³/mol. The number of nitrogens with zero attached hydrogens (tertiary/aromatic N) is 2. The summed E-state index contributed by atoms with van der Waals surface area (Å²) in [4.78, 5) is 17.7. The number of aliphatic imine (C=N–C) groups is 1. The van der Waals surface area contributed by atoms with Gasteiger partial charge in [-0.05, 0) is 87.1 Å². The molecule has 1 aromatic carbocycles. The Bertz CT molecular complexity index is 981. The number of anilines is 1. The molecule has 35 heavy (non-hydrogen) atoms. The van der Waals surface area contributed by atoms with Crippen LogP contribution in [0.4, 0.5) is 18.9 Å². The average Bonchev–Trinajstić information content (AvgIpc) is 3.13. The van der Waals surface area contributed by atoms with Gasteiger partial charge in [-0.25, -0.2) is 0 Å². The van der Waals surface area contributed by atoms with Gasteiger partial charge in [0.1, 0.15) is 16.8 Å². The molecule has 0 radical (unpaired) electrons. The van der Waals surface area contributed by atoms with Gasteiger partial charge in [0, 0.05) is 31.1 Å². The number of hydrogen-bond donors (Lipinski definition) is 2. The monoisotopic (exact) mass is 510 g/mol. The van der Waals surface area contributed by atoms with E-state index in [9.17, 15) is 22.5 Å². The highest BCUT2D eigenvalue weighted by Crippen LogP contribution is 2.38. The second-order valence-electron chi connectivity index (χ2n) is 9.98. The van der Waals surface area contributed by atoms with Crippen molar-refractivity contribution in [2.45, 2.75) is 70.0 Å². The number of nitrogen functional groups attached to an aromatic ring is 1. The fourth-order valence-electron chi connectivity index (χ4n) is 5.31. The molecular weight excluding hydrogens is 477 g/mol. The van der Waals surface area contributed by atoms with Gasteiger partial charge in [-0.2, -0.15) is 13.2 Å². The van der Waals surface area contributed by atoms with E-state index in [4.69, 9.17) is 10.7 Å². The van der Waals surface area contributed by atoms with Crippen molar-refractivity contribution in [2.75, 3.05) is 18.8 Å². The number of aryl methyl sites for hydroxylation is 1. The first-order chi connectivity index (χ1) is 16.5. The molecule has 192 valence electrons. The normalized spacial score (nSPS) is 26.2. The molecule has 3 aliphatic rings. The van der Waals surface area contributed by atoms with E-state index < -0.39 is 29.5 Å². The molecule has 1 spiro atoms. The standard InChI is InChI=1S/C25H33F3N4O2S/c1-17-16-21(29)7-6-19(17)9-15-35(34)32-13-11-24(12-14-32)23(33)30-22(31-24)20-4-2-18(3-5-20)8-10-25(26,27)28/h6-7,9,15-16,18,20H,2-5,8,10-14,29H2,1H3,(H,30,31,33)/b15-9+/t18?,20?,35-/m0/s1. The number of piperidine rings is 1. The van der Waals surface area contributed by atoms with E-state index in [0.29, 0.717) is 37.5 Å². The molecule has 1 aliphatic carbocycles. The van der Waals surface area contributed by atoms with Crippen LogP contribution in [0.2, 0.25) is 0 Å². The minimum Gasteiger partial charge on any atom is -0.593 e. The predicted octanol–water partition coefficient (Wildman–Crippen LogP) is 4.72. The maximum absolute atomic E-state index is 12.9. The Kier molecular flexibility index (Phi) is 7.83. The summed E-state index contributed by atoms with van der Waals surface area (Å²) >= 11 is -1.31. The van der Waals surface area contributed by atoms with Crippen molar-refractivity contribution < 1.29 is 22.5 Å². The summed E-state index contributed by atoms with van der Waals surface area (Å²) in [7, 11) is 0. The number of alkyl halides is 3. The molecule has 3 N–H and O–H groups in total. The van der Waals surface area contributed by atoms with Gasteiger partial charge in [-0.1, -0.05) is 6.07 Å². The zero-order chi connectivity index (χ0) is 25.2. The summed E-state index contributed by atoms with van der Waals surface area (Å²) in [6.45, 7) is 2.94. The Hall–Kier alpha value is -2.04. The van der Waals surface area contributed by atoms with Crippen LogP contribution in [0.15, 0.2) is 28.6 Å². The maximum atomic E-state index is 12.9. The molecule has 1 atom stereocenters. The zero-order valence-electron chi connectivity index (χ0n) is 19.9. The summed E-state index contributed by atoms with van der Waals surface area (Å²) < 4.78 is 52.2. The number of carbonyl (C=O) groups is 1. The zero-order valence-corrected chi connectivity index (χ0v) is 20.8. The molecule has 6 nitrogen and oxygen atoms in total. The maximum Gasteiger partial charge on any atom is 0.389 e. The summed E-state index contributed by atoms with van der Waals surface area (Å²) in [5, 5.41) is 4.63. The van der Waals surface area contributed by atoms with Crippen LogP contribution < -0.4 is 11.1 Å². The Morgan fingerprint density at radius 1 is 1.26 bits per heavy atom. The van der Waals surface area contributed by atoms with Gasteiger partial charge in [-0.15, -0.1) is 4.31 Å². The summed E-state index contributed by atoms with van der Waals surface area (Å²) in [5.41, 5.74) is 7.62. The molecule has 0 aromatic heterocycles. The Balaban J connectivity index is 1.30. The van der Waals surface area contributed by atoms with E-state index in [2.05, 4.69) is 5.32 Å². The van der Waals surface area contributed by atoms with E-state index in [0.717, 1.165) is 36.8 Å². The molecule has 1 aromatic rings. The molecule has 10 heteroatoms. The minimum atomic E-state index is -4.10. The number of hydrogen-bond acceptors (Lipinski definition) is 5. The summed E-state index contributed by atoms with van der Waals surface area (Å²) in [6.07, 6.45) is 1.13. The molecule has 2 aliphatic heterocycles. The molecule has 1 saturated carbocycles. The van der Waals surface area contributed by atoms with Gasteiger partial charge in [0.25, 0.3) is 5.91 Å². The summed E-state index contributed by atoms with van der Waals surface area (Å²) in [6, 6.07) is 5.58. The lowest BCUT2D eigenvalue weighted by atomic mass is 9.79. The first kappa shape index (κ1) is 26.0. The molecule has 2 fully saturated rings. The van der Waals surface area contributed by atoms with Gasteiger partial charge >= 0.3 is 6.18 Å². The topological polar surface area (TPSA) is 93.8 Å². The molecule has 0 unspecified atom stereocenters. The van der Waals surface area contributed by atoms with Crippen molar-refractivity contribution >= 4 is 34.9 Å². The molecule has 4 rings (SSSR count). The molecule has 1 amide bonds. The lowest BCUT2D eigenvalue weighted by molar-refractivity contribution is -0.138. The number of benzene rings is 1. The van der Waals surface area contributed by atoms with Crippen molar-refractivity contribution in [3.05, 3.63) is 34.7 Å². The van der Waals surface area contributed by atoms with E-state index >= 15 is 0 Å². The second-order valence-corrected chi connectivity index (χ2v) is 11.3. The SMILES string of the molecule is Cc1cc(N)ccc1/C=C/[S@+]([O-])N1CCC2(CC1)N=C(C1CCC(CCC(F)(F)F)CC1)NC2=O. The number of amidine groups is 1.